The second kappa shape index (κ2) is 14.3. The van der Waals surface area contributed by atoms with Crippen LogP contribution in [0, 0.1) is 0 Å². The summed E-state index contributed by atoms with van der Waals surface area (Å²) in [5.41, 5.74) is 2.38. The molecule has 2 aromatic rings. The second-order valence-corrected chi connectivity index (χ2v) is 9.29. The van der Waals surface area contributed by atoms with Crippen molar-refractivity contribution in [3.63, 3.8) is 0 Å². The number of hydrogen-bond donors (Lipinski definition) is 0. The first-order chi connectivity index (χ1) is 19.0. The predicted molar refractivity (Wildman–Crippen MR) is 144 cm³/mol. The van der Waals surface area contributed by atoms with E-state index in [2.05, 4.69) is 30.5 Å². The van der Waals surface area contributed by atoms with Crippen molar-refractivity contribution in [2.45, 2.75) is 26.7 Å². The summed E-state index contributed by atoms with van der Waals surface area (Å²) >= 11 is 0. The van der Waals surface area contributed by atoms with Gasteiger partial charge in [-0.2, -0.15) is 0 Å². The summed E-state index contributed by atoms with van der Waals surface area (Å²) in [5, 5.41) is 21.5. The lowest BCUT2D eigenvalue weighted by Crippen LogP contribution is -2.51. The predicted octanol–water partition coefficient (Wildman–Crippen LogP) is 4.63. The van der Waals surface area contributed by atoms with Crippen LogP contribution in [0.2, 0.25) is 0 Å². The van der Waals surface area contributed by atoms with Gasteiger partial charge in [-0.3, -0.25) is 19.8 Å². The van der Waals surface area contributed by atoms with Crippen molar-refractivity contribution in [2.75, 3.05) is 59.4 Å². The normalized spacial score (nSPS) is 17.2. The third-order valence-electron chi connectivity index (χ3n) is 6.24. The number of benzene rings is 2. The number of carbonyl (C=O) groups excluding carboxylic acids is 2. The van der Waals surface area contributed by atoms with Crippen molar-refractivity contribution in [3.8, 4) is 0 Å². The van der Waals surface area contributed by atoms with Crippen LogP contribution >= 0.6 is 0 Å². The average molecular weight is 537 g/mol. The van der Waals surface area contributed by atoms with E-state index in [4.69, 9.17) is 9.47 Å². The highest BCUT2D eigenvalue weighted by Gasteiger charge is 2.22. The minimum absolute atomic E-state index is 0.338. The highest BCUT2D eigenvalue weighted by molar-refractivity contribution is 5.90. The van der Waals surface area contributed by atoms with Crippen LogP contribution in [0.1, 0.15) is 47.4 Å². The molecule has 0 radical (unpaired) electrons. The van der Waals surface area contributed by atoms with Gasteiger partial charge >= 0.3 is 11.9 Å². The van der Waals surface area contributed by atoms with Crippen molar-refractivity contribution < 1.29 is 19.1 Å². The molecule has 39 heavy (non-hydrogen) atoms. The maximum atomic E-state index is 11.8. The fraction of sp³-hybridized carbons (Fsp3) is 0.481. The van der Waals surface area contributed by atoms with Gasteiger partial charge in [-0.25, -0.2) is 9.59 Å². The van der Waals surface area contributed by atoms with E-state index in [9.17, 15) is 9.59 Å². The zero-order chi connectivity index (χ0) is 27.5. The summed E-state index contributed by atoms with van der Waals surface area (Å²) in [5.74, 6) is -0.676. The van der Waals surface area contributed by atoms with Crippen LogP contribution < -0.4 is 0 Å². The Bertz CT molecular complexity index is 1050. The fourth-order valence-corrected chi connectivity index (χ4v) is 4.34. The number of carbonyl (C=O) groups is 2. The molecule has 0 unspecified atom stereocenters. The first-order valence-electron chi connectivity index (χ1n) is 13.4. The van der Waals surface area contributed by atoms with E-state index in [1.165, 1.54) is 0 Å². The first kappa shape index (κ1) is 28.1. The minimum atomic E-state index is -0.338. The maximum absolute atomic E-state index is 11.8. The van der Waals surface area contributed by atoms with Crippen LogP contribution in [-0.4, -0.2) is 91.2 Å². The number of esters is 2. The number of hydrogen-bond acceptors (Lipinski definition) is 10. The zero-order valence-electron chi connectivity index (χ0n) is 22.6. The third kappa shape index (κ3) is 8.55. The molecule has 4 rings (SSSR count). The Morgan fingerprint density at radius 3 is 1.46 bits per heavy atom. The summed E-state index contributed by atoms with van der Waals surface area (Å²) in [6, 6.07) is 13.9. The summed E-state index contributed by atoms with van der Waals surface area (Å²) < 4.78 is 10.0. The molecular formula is C27H36N8O4. The average Bonchev–Trinajstić information content (AvgIpc) is 2.96. The molecule has 2 fully saturated rings. The Kier molecular flexibility index (Phi) is 10.3. The lowest BCUT2D eigenvalue weighted by molar-refractivity contribution is -0.00455. The molecule has 0 amide bonds. The summed E-state index contributed by atoms with van der Waals surface area (Å²) in [6.07, 6.45) is 2.00. The van der Waals surface area contributed by atoms with E-state index < -0.39 is 0 Å². The van der Waals surface area contributed by atoms with Gasteiger partial charge in [0, 0.05) is 26.2 Å². The van der Waals surface area contributed by atoms with E-state index in [0.717, 1.165) is 45.7 Å². The quantitative estimate of drug-likeness (QED) is 0.319. The molecule has 208 valence electrons. The van der Waals surface area contributed by atoms with E-state index in [-0.39, 0.29) is 11.9 Å². The van der Waals surface area contributed by atoms with Crippen LogP contribution in [-0.2, 0) is 9.47 Å². The van der Waals surface area contributed by atoms with Gasteiger partial charge in [-0.05, 0) is 75.2 Å². The van der Waals surface area contributed by atoms with Gasteiger partial charge in [-0.1, -0.05) is 10.4 Å². The van der Waals surface area contributed by atoms with E-state index >= 15 is 0 Å². The molecule has 12 heteroatoms. The van der Waals surface area contributed by atoms with Gasteiger partial charge in [-0.15, -0.1) is 10.2 Å². The van der Waals surface area contributed by atoms with Crippen LogP contribution in [0.15, 0.2) is 69.2 Å². The highest BCUT2D eigenvalue weighted by Crippen LogP contribution is 2.18. The Labute approximate surface area is 228 Å². The smallest absolute Gasteiger partial charge is 0.338 e. The topological polar surface area (TPSA) is 115 Å². The SMILES string of the molecule is CCOC(=O)c1ccc(N=NN2CCCN(CN3CCCN(N=Nc4ccc(C(=O)OCC)cc4)C3)C2)cc1. The molecule has 2 aliphatic rings. The standard InChI is InChI=1S/C27H36N8O4/c1-3-38-26(36)22-7-11-24(12-8-22)28-30-34-17-5-15-32(20-34)19-33-16-6-18-35(21-33)31-29-25-13-9-23(10-14-25)27(37)39-4-2/h7-14H,3-6,15-21H2,1-2H3. The lowest BCUT2D eigenvalue weighted by Gasteiger charge is -2.39. The van der Waals surface area contributed by atoms with Crippen molar-refractivity contribution in [2.24, 2.45) is 20.7 Å². The van der Waals surface area contributed by atoms with Crippen LogP contribution in [0.5, 0.6) is 0 Å². The molecule has 2 saturated heterocycles. The molecular weight excluding hydrogens is 500 g/mol. The molecule has 0 atom stereocenters. The molecule has 0 saturated carbocycles. The Morgan fingerprint density at radius 2 is 1.08 bits per heavy atom. The van der Waals surface area contributed by atoms with Gasteiger partial charge in [0.25, 0.3) is 0 Å². The van der Waals surface area contributed by atoms with E-state index in [0.29, 0.717) is 49.1 Å². The van der Waals surface area contributed by atoms with Gasteiger partial charge in [0.15, 0.2) is 0 Å². The number of ether oxygens (including phenoxy) is 2. The van der Waals surface area contributed by atoms with Gasteiger partial charge in [0.2, 0.25) is 0 Å². The van der Waals surface area contributed by atoms with Gasteiger partial charge in [0.1, 0.15) is 0 Å². The van der Waals surface area contributed by atoms with Crippen LogP contribution in [0.25, 0.3) is 0 Å². The lowest BCUT2D eigenvalue weighted by atomic mass is 10.2. The Morgan fingerprint density at radius 1 is 0.667 bits per heavy atom. The number of nitrogens with zero attached hydrogens (tertiary/aromatic N) is 8. The molecule has 0 bridgehead atoms. The summed E-state index contributed by atoms with van der Waals surface area (Å²) in [4.78, 5) is 28.3. The van der Waals surface area contributed by atoms with E-state index in [1.807, 2.05) is 10.0 Å². The molecule has 2 heterocycles. The van der Waals surface area contributed by atoms with Crippen molar-refractivity contribution in [1.29, 1.82) is 0 Å². The minimum Gasteiger partial charge on any atom is -0.462 e. The largest absolute Gasteiger partial charge is 0.462 e. The summed E-state index contributed by atoms with van der Waals surface area (Å²) in [7, 11) is 0. The summed E-state index contributed by atoms with van der Waals surface area (Å²) in [6.45, 7) is 10.1. The third-order valence-corrected chi connectivity index (χ3v) is 6.24. The first-order valence-corrected chi connectivity index (χ1v) is 13.4. The van der Waals surface area contributed by atoms with Gasteiger partial charge < -0.3 is 9.47 Å². The Balaban J connectivity index is 1.24. The number of rotatable bonds is 10. The molecule has 0 spiro atoms. The molecule has 12 nitrogen and oxygen atoms in total. The monoisotopic (exact) mass is 536 g/mol. The molecule has 2 aromatic carbocycles. The van der Waals surface area contributed by atoms with E-state index in [1.54, 1.807) is 62.4 Å². The van der Waals surface area contributed by atoms with Crippen molar-refractivity contribution >= 4 is 23.3 Å². The van der Waals surface area contributed by atoms with Crippen molar-refractivity contribution in [3.05, 3.63) is 59.7 Å². The fourth-order valence-electron chi connectivity index (χ4n) is 4.34. The van der Waals surface area contributed by atoms with Crippen LogP contribution in [0.4, 0.5) is 11.4 Å². The zero-order valence-corrected chi connectivity index (χ0v) is 22.6. The molecule has 2 aliphatic heterocycles. The maximum Gasteiger partial charge on any atom is 0.338 e. The van der Waals surface area contributed by atoms with Crippen LogP contribution in [0.3, 0.4) is 0 Å². The Hall–Kier alpha value is -3.90. The molecule has 0 aromatic heterocycles. The van der Waals surface area contributed by atoms with Crippen molar-refractivity contribution in [1.82, 2.24) is 19.8 Å². The highest BCUT2D eigenvalue weighted by atomic mass is 16.5. The van der Waals surface area contributed by atoms with Gasteiger partial charge in [0.05, 0.1) is 55.7 Å². The molecule has 0 N–H and O–H groups in total. The second-order valence-electron chi connectivity index (χ2n) is 9.29. The molecule has 0 aliphatic carbocycles.